The molecule has 3 atom stereocenters. The van der Waals surface area contributed by atoms with Gasteiger partial charge in [0.15, 0.2) is 0 Å². The first-order valence-electron chi connectivity index (χ1n) is 7.52. The minimum Gasteiger partial charge on any atom is -0.442 e. The highest BCUT2D eigenvalue weighted by Gasteiger charge is 2.47. The molecule has 1 spiro atoms. The van der Waals surface area contributed by atoms with Crippen molar-refractivity contribution in [3.8, 4) is 0 Å². The molecule has 0 N–H and O–H groups in total. The van der Waals surface area contributed by atoms with Gasteiger partial charge < -0.3 is 9.64 Å². The average molecular weight is 375 g/mol. The van der Waals surface area contributed by atoms with E-state index in [1.807, 2.05) is 4.90 Å². The third-order valence-electron chi connectivity index (χ3n) is 4.81. The normalized spacial score (nSPS) is 39.4. The maximum atomic E-state index is 12.4. The highest BCUT2D eigenvalue weighted by Crippen LogP contribution is 2.42. The van der Waals surface area contributed by atoms with E-state index in [-0.39, 0.29) is 17.7 Å². The van der Waals surface area contributed by atoms with Crippen LogP contribution in [0.3, 0.4) is 0 Å². The van der Waals surface area contributed by atoms with Gasteiger partial charge in [0.2, 0.25) is 0 Å². The van der Waals surface area contributed by atoms with E-state index in [9.17, 15) is 4.79 Å². The van der Waals surface area contributed by atoms with Crippen molar-refractivity contribution in [3.05, 3.63) is 12.2 Å². The van der Waals surface area contributed by atoms with E-state index >= 15 is 0 Å². The lowest BCUT2D eigenvalue weighted by Crippen LogP contribution is -2.57. The SMILES string of the molecule is O=C1O[C@@]2(CCCC[C@H]2I)CCN1C1C=CCCC1. The van der Waals surface area contributed by atoms with Crippen molar-refractivity contribution < 1.29 is 9.53 Å². The van der Waals surface area contributed by atoms with Crippen LogP contribution in [0.5, 0.6) is 0 Å². The average Bonchev–Trinajstić information content (AvgIpc) is 2.43. The summed E-state index contributed by atoms with van der Waals surface area (Å²) >= 11 is 2.49. The molecular formula is C15H22INO2. The maximum absolute atomic E-state index is 12.4. The fraction of sp³-hybridized carbons (Fsp3) is 0.800. The first-order chi connectivity index (χ1) is 9.21. The van der Waals surface area contributed by atoms with Gasteiger partial charge in [-0.1, -0.05) is 41.2 Å². The molecule has 1 unspecified atom stereocenters. The zero-order chi connectivity index (χ0) is 13.3. The van der Waals surface area contributed by atoms with E-state index < -0.39 is 0 Å². The van der Waals surface area contributed by atoms with E-state index in [1.54, 1.807) is 0 Å². The number of rotatable bonds is 1. The molecule has 19 heavy (non-hydrogen) atoms. The highest BCUT2D eigenvalue weighted by molar-refractivity contribution is 14.1. The highest BCUT2D eigenvalue weighted by atomic mass is 127. The largest absolute Gasteiger partial charge is 0.442 e. The standard InChI is InChI=1S/C15H22INO2/c16-13-8-4-5-9-15(13)10-11-17(14(18)19-15)12-6-2-1-3-7-12/h2,6,12-13H,1,3-5,7-11H2/t12?,13-,15+/m1/s1. The van der Waals surface area contributed by atoms with E-state index in [2.05, 4.69) is 34.7 Å². The fourth-order valence-electron chi connectivity index (χ4n) is 3.60. The third-order valence-corrected chi connectivity index (χ3v) is 6.57. The lowest BCUT2D eigenvalue weighted by Gasteiger charge is -2.47. The van der Waals surface area contributed by atoms with Crippen LogP contribution in [0.1, 0.15) is 51.4 Å². The van der Waals surface area contributed by atoms with Gasteiger partial charge in [-0.2, -0.15) is 0 Å². The number of carbonyl (C=O) groups is 1. The molecule has 2 aliphatic carbocycles. The summed E-state index contributed by atoms with van der Waals surface area (Å²) in [4.78, 5) is 14.3. The number of alkyl halides is 1. The molecule has 106 valence electrons. The smallest absolute Gasteiger partial charge is 0.410 e. The molecule has 1 aliphatic heterocycles. The summed E-state index contributed by atoms with van der Waals surface area (Å²) < 4.78 is 6.43. The second kappa shape index (κ2) is 5.62. The number of halogens is 1. The summed E-state index contributed by atoms with van der Waals surface area (Å²) in [5, 5.41) is 0. The summed E-state index contributed by atoms with van der Waals surface area (Å²) in [6.45, 7) is 0.868. The van der Waals surface area contributed by atoms with Crippen molar-refractivity contribution >= 4 is 28.7 Å². The van der Waals surface area contributed by atoms with Crippen molar-refractivity contribution in [3.63, 3.8) is 0 Å². The topological polar surface area (TPSA) is 29.5 Å². The van der Waals surface area contributed by atoms with Crippen LogP contribution < -0.4 is 0 Å². The van der Waals surface area contributed by atoms with Gasteiger partial charge in [0.1, 0.15) is 5.60 Å². The number of amides is 1. The second-order valence-corrected chi connectivity index (χ2v) is 7.52. The first kappa shape index (κ1) is 13.7. The molecule has 0 radical (unpaired) electrons. The fourth-order valence-corrected chi connectivity index (χ4v) is 4.79. The van der Waals surface area contributed by atoms with Gasteiger partial charge in [-0.3, -0.25) is 0 Å². The number of allylic oxidation sites excluding steroid dienone is 1. The van der Waals surface area contributed by atoms with Crippen LogP contribution in [0.4, 0.5) is 4.79 Å². The van der Waals surface area contributed by atoms with Crippen molar-refractivity contribution in [1.82, 2.24) is 4.90 Å². The molecule has 1 amide bonds. The van der Waals surface area contributed by atoms with E-state index in [4.69, 9.17) is 4.74 Å². The van der Waals surface area contributed by atoms with Crippen molar-refractivity contribution in [2.45, 2.75) is 66.9 Å². The molecule has 3 aliphatic rings. The number of carbonyl (C=O) groups excluding carboxylic acids is 1. The summed E-state index contributed by atoms with van der Waals surface area (Å²) in [6, 6.07) is 0.273. The molecule has 0 aromatic rings. The van der Waals surface area contributed by atoms with Crippen molar-refractivity contribution in [1.29, 1.82) is 0 Å². The summed E-state index contributed by atoms with van der Waals surface area (Å²) in [5.74, 6) is 0. The number of hydrogen-bond donors (Lipinski definition) is 0. The van der Waals surface area contributed by atoms with Crippen LogP contribution in [-0.4, -0.2) is 33.1 Å². The Morgan fingerprint density at radius 2 is 2.16 bits per heavy atom. The zero-order valence-electron chi connectivity index (χ0n) is 11.3. The van der Waals surface area contributed by atoms with E-state index in [1.165, 1.54) is 25.7 Å². The lowest BCUT2D eigenvalue weighted by molar-refractivity contribution is -0.0666. The van der Waals surface area contributed by atoms with Crippen LogP contribution in [0.25, 0.3) is 0 Å². The molecule has 1 saturated carbocycles. The molecular weight excluding hydrogens is 353 g/mol. The Labute approximate surface area is 128 Å². The van der Waals surface area contributed by atoms with Gasteiger partial charge >= 0.3 is 6.09 Å². The summed E-state index contributed by atoms with van der Waals surface area (Å²) in [7, 11) is 0. The quantitative estimate of drug-likeness (QED) is 0.393. The molecule has 1 saturated heterocycles. The van der Waals surface area contributed by atoms with Crippen molar-refractivity contribution in [2.24, 2.45) is 0 Å². The third kappa shape index (κ3) is 2.65. The molecule has 0 bridgehead atoms. The van der Waals surface area contributed by atoms with Gasteiger partial charge in [0, 0.05) is 13.0 Å². The predicted octanol–water partition coefficient (Wildman–Crippen LogP) is 4.05. The van der Waals surface area contributed by atoms with Crippen LogP contribution >= 0.6 is 22.6 Å². The van der Waals surface area contributed by atoms with E-state index in [0.717, 1.165) is 32.2 Å². The van der Waals surface area contributed by atoms with Crippen LogP contribution in [0.15, 0.2) is 12.2 Å². The maximum Gasteiger partial charge on any atom is 0.410 e. The molecule has 3 nitrogen and oxygen atoms in total. The minimum absolute atomic E-state index is 0.0774. The van der Waals surface area contributed by atoms with E-state index in [0.29, 0.717) is 3.92 Å². The van der Waals surface area contributed by atoms with Gasteiger partial charge in [-0.15, -0.1) is 0 Å². The first-order valence-corrected chi connectivity index (χ1v) is 8.76. The number of ether oxygens (including phenoxy) is 1. The molecule has 3 rings (SSSR count). The molecule has 1 heterocycles. The second-order valence-electron chi connectivity index (χ2n) is 6.02. The van der Waals surface area contributed by atoms with Crippen LogP contribution in [0.2, 0.25) is 0 Å². The van der Waals surface area contributed by atoms with Crippen LogP contribution in [0, 0.1) is 0 Å². The summed E-state index contributed by atoms with van der Waals surface area (Å²) in [5.41, 5.74) is -0.162. The Hall–Kier alpha value is -0.260. The molecule has 0 aromatic heterocycles. The Bertz CT molecular complexity index is 384. The van der Waals surface area contributed by atoms with Gasteiger partial charge in [-0.25, -0.2) is 4.79 Å². The minimum atomic E-state index is -0.162. The van der Waals surface area contributed by atoms with Gasteiger partial charge in [-0.05, 0) is 38.5 Å². The molecule has 2 fully saturated rings. The Balaban J connectivity index is 1.69. The Morgan fingerprint density at radius 1 is 1.26 bits per heavy atom. The Kier molecular flexibility index (Phi) is 4.06. The monoisotopic (exact) mass is 375 g/mol. The van der Waals surface area contributed by atoms with Gasteiger partial charge in [0.25, 0.3) is 0 Å². The lowest BCUT2D eigenvalue weighted by atomic mass is 9.81. The zero-order valence-corrected chi connectivity index (χ0v) is 13.5. The van der Waals surface area contributed by atoms with Gasteiger partial charge in [0.05, 0.1) is 9.97 Å². The number of nitrogens with zero attached hydrogens (tertiary/aromatic N) is 1. The Morgan fingerprint density at radius 3 is 2.84 bits per heavy atom. The molecule has 4 heteroatoms. The predicted molar refractivity (Wildman–Crippen MR) is 83.6 cm³/mol. The summed E-state index contributed by atoms with van der Waals surface area (Å²) in [6.07, 6.45) is 13.5. The van der Waals surface area contributed by atoms with Crippen LogP contribution in [-0.2, 0) is 4.74 Å². The number of hydrogen-bond acceptors (Lipinski definition) is 2. The molecule has 0 aromatic carbocycles. The van der Waals surface area contributed by atoms with Crippen molar-refractivity contribution in [2.75, 3.05) is 6.54 Å².